The number of hydrogen-bond donors (Lipinski definition) is 2. The minimum absolute atomic E-state index is 0.268. The van der Waals surface area contributed by atoms with E-state index in [0.717, 1.165) is 25.7 Å². The number of nitrogen functional groups attached to an aromatic ring is 1. The maximum atomic E-state index is 12.1. The summed E-state index contributed by atoms with van der Waals surface area (Å²) in [5.74, 6) is 0. The van der Waals surface area contributed by atoms with Crippen LogP contribution in [0, 0.1) is 0 Å². The normalized spacial score (nSPS) is 17.2. The highest BCUT2D eigenvalue weighted by atomic mass is 79.9. The van der Waals surface area contributed by atoms with E-state index in [4.69, 9.17) is 5.73 Å². The van der Waals surface area contributed by atoms with Gasteiger partial charge in [-0.15, -0.1) is 0 Å². The molecule has 0 bridgehead atoms. The van der Waals surface area contributed by atoms with Gasteiger partial charge in [0.2, 0.25) is 10.0 Å². The summed E-state index contributed by atoms with van der Waals surface area (Å²) in [5, 5.41) is -0.268. The van der Waals surface area contributed by atoms with Gasteiger partial charge in [0.05, 0.1) is 10.9 Å². The van der Waals surface area contributed by atoms with Crippen LogP contribution >= 0.6 is 15.9 Å². The van der Waals surface area contributed by atoms with Crippen molar-refractivity contribution in [3.8, 4) is 0 Å². The van der Waals surface area contributed by atoms with Crippen molar-refractivity contribution < 1.29 is 8.42 Å². The Labute approximate surface area is 110 Å². The second-order valence-corrected chi connectivity index (χ2v) is 7.11. The van der Waals surface area contributed by atoms with Crippen molar-refractivity contribution >= 4 is 37.3 Å². The molecule has 0 spiro atoms. The average Bonchev–Trinajstić information content (AvgIpc) is 2.77. The summed E-state index contributed by atoms with van der Waals surface area (Å²) in [6.07, 6.45) is 3.47. The first kappa shape index (κ1) is 12.7. The first-order chi connectivity index (χ1) is 7.99. The smallest absolute Gasteiger partial charge is 0.235 e. The third-order valence-electron chi connectivity index (χ3n) is 2.98. The first-order valence-electron chi connectivity index (χ1n) is 5.56. The lowest BCUT2D eigenvalue weighted by molar-refractivity contribution is 0.585. The van der Waals surface area contributed by atoms with E-state index < -0.39 is 10.0 Å². The second kappa shape index (κ2) is 4.86. The van der Waals surface area contributed by atoms with E-state index in [2.05, 4.69) is 20.7 Å². The van der Waals surface area contributed by atoms with Crippen molar-refractivity contribution in [1.29, 1.82) is 0 Å². The van der Waals surface area contributed by atoms with Crippen LogP contribution in [0.25, 0.3) is 0 Å². The number of sulfonamides is 1. The van der Waals surface area contributed by atoms with Gasteiger partial charge in [-0.25, -0.2) is 8.42 Å². The Kier molecular flexibility index (Phi) is 3.63. The zero-order valence-corrected chi connectivity index (χ0v) is 11.7. The molecule has 0 radical (unpaired) electrons. The summed E-state index contributed by atoms with van der Waals surface area (Å²) in [6.45, 7) is 0. The number of anilines is 2. The lowest BCUT2D eigenvalue weighted by Gasteiger charge is -2.14. The van der Waals surface area contributed by atoms with Gasteiger partial charge in [0.1, 0.15) is 0 Å². The Morgan fingerprint density at radius 2 is 1.94 bits per heavy atom. The monoisotopic (exact) mass is 318 g/mol. The molecule has 1 aliphatic rings. The maximum absolute atomic E-state index is 12.1. The molecule has 2 rings (SSSR count). The SMILES string of the molecule is Nc1ccc(Br)c(NS(=O)(=O)C2CCCC2)c1. The van der Waals surface area contributed by atoms with Crippen molar-refractivity contribution in [1.82, 2.24) is 0 Å². The minimum atomic E-state index is -3.29. The number of nitrogens with two attached hydrogens (primary N) is 1. The zero-order chi connectivity index (χ0) is 12.5. The molecule has 0 aromatic heterocycles. The molecule has 0 heterocycles. The molecule has 0 amide bonds. The van der Waals surface area contributed by atoms with Crippen LogP contribution in [0.5, 0.6) is 0 Å². The number of nitrogens with one attached hydrogen (secondary N) is 1. The van der Waals surface area contributed by atoms with Gasteiger partial charge >= 0.3 is 0 Å². The van der Waals surface area contributed by atoms with Gasteiger partial charge in [-0.2, -0.15) is 0 Å². The summed E-state index contributed by atoms with van der Waals surface area (Å²) in [6, 6.07) is 5.08. The van der Waals surface area contributed by atoms with E-state index in [1.807, 2.05) is 0 Å². The average molecular weight is 319 g/mol. The van der Waals surface area contributed by atoms with E-state index in [1.54, 1.807) is 18.2 Å². The third kappa shape index (κ3) is 2.93. The maximum Gasteiger partial charge on any atom is 0.235 e. The molecule has 1 aromatic carbocycles. The van der Waals surface area contributed by atoms with E-state index in [9.17, 15) is 8.42 Å². The predicted molar refractivity (Wildman–Crippen MR) is 73.4 cm³/mol. The Morgan fingerprint density at radius 1 is 1.29 bits per heavy atom. The number of hydrogen-bond acceptors (Lipinski definition) is 3. The summed E-state index contributed by atoms with van der Waals surface area (Å²) in [4.78, 5) is 0. The van der Waals surface area contributed by atoms with Crippen molar-refractivity contribution in [3.05, 3.63) is 22.7 Å². The Morgan fingerprint density at radius 3 is 2.59 bits per heavy atom. The van der Waals surface area contributed by atoms with Crippen molar-refractivity contribution in [2.24, 2.45) is 0 Å². The number of benzene rings is 1. The van der Waals surface area contributed by atoms with Gasteiger partial charge in [-0.05, 0) is 47.0 Å². The van der Waals surface area contributed by atoms with E-state index in [-0.39, 0.29) is 5.25 Å². The molecule has 0 aliphatic heterocycles. The third-order valence-corrected chi connectivity index (χ3v) is 5.53. The Hall–Kier alpha value is -0.750. The molecule has 1 fully saturated rings. The lowest BCUT2D eigenvalue weighted by atomic mass is 10.3. The minimum Gasteiger partial charge on any atom is -0.399 e. The fraction of sp³-hybridized carbons (Fsp3) is 0.455. The van der Waals surface area contributed by atoms with Gasteiger partial charge < -0.3 is 5.73 Å². The van der Waals surface area contributed by atoms with Crippen LogP contribution in [-0.2, 0) is 10.0 Å². The highest BCUT2D eigenvalue weighted by Crippen LogP contribution is 2.30. The van der Waals surface area contributed by atoms with Crippen molar-refractivity contribution in [3.63, 3.8) is 0 Å². The van der Waals surface area contributed by atoms with E-state index in [0.29, 0.717) is 15.8 Å². The van der Waals surface area contributed by atoms with Crippen molar-refractivity contribution in [2.75, 3.05) is 10.5 Å². The summed E-state index contributed by atoms with van der Waals surface area (Å²) in [5.41, 5.74) is 6.69. The van der Waals surface area contributed by atoms with Gasteiger partial charge in [0, 0.05) is 10.2 Å². The number of rotatable bonds is 3. The molecule has 0 atom stereocenters. The predicted octanol–water partition coefficient (Wildman–Crippen LogP) is 2.72. The standard InChI is InChI=1S/C11H15BrN2O2S/c12-10-6-5-8(13)7-11(10)14-17(15,16)9-3-1-2-4-9/h5-7,9,14H,1-4,13H2. The molecule has 1 saturated carbocycles. The molecule has 1 aromatic rings. The summed E-state index contributed by atoms with van der Waals surface area (Å²) >= 11 is 3.31. The van der Waals surface area contributed by atoms with E-state index >= 15 is 0 Å². The Balaban J connectivity index is 2.22. The summed E-state index contributed by atoms with van der Waals surface area (Å²) < 4.78 is 27.5. The molecule has 6 heteroatoms. The van der Waals surface area contributed by atoms with Gasteiger partial charge in [0.25, 0.3) is 0 Å². The van der Waals surface area contributed by atoms with Crippen LogP contribution in [0.4, 0.5) is 11.4 Å². The molecule has 94 valence electrons. The molecule has 0 unspecified atom stereocenters. The molecular formula is C11H15BrN2O2S. The fourth-order valence-corrected chi connectivity index (χ4v) is 4.13. The molecule has 4 nitrogen and oxygen atoms in total. The Bertz CT molecular complexity index is 510. The fourth-order valence-electron chi connectivity index (χ4n) is 2.06. The molecule has 3 N–H and O–H groups in total. The van der Waals surface area contributed by atoms with Crippen LogP contribution in [0.3, 0.4) is 0 Å². The topological polar surface area (TPSA) is 72.2 Å². The van der Waals surface area contributed by atoms with Gasteiger partial charge in [-0.3, -0.25) is 4.72 Å². The second-order valence-electron chi connectivity index (χ2n) is 4.29. The number of halogens is 1. The first-order valence-corrected chi connectivity index (χ1v) is 7.89. The zero-order valence-electron chi connectivity index (χ0n) is 9.32. The van der Waals surface area contributed by atoms with Crippen molar-refractivity contribution in [2.45, 2.75) is 30.9 Å². The molecule has 17 heavy (non-hydrogen) atoms. The largest absolute Gasteiger partial charge is 0.399 e. The highest BCUT2D eigenvalue weighted by molar-refractivity contribution is 9.10. The quantitative estimate of drug-likeness (QED) is 0.842. The van der Waals surface area contributed by atoms with Gasteiger partial charge in [0.15, 0.2) is 0 Å². The van der Waals surface area contributed by atoms with Crippen LogP contribution in [0.2, 0.25) is 0 Å². The van der Waals surface area contributed by atoms with Crippen LogP contribution in [-0.4, -0.2) is 13.7 Å². The lowest BCUT2D eigenvalue weighted by Crippen LogP contribution is -2.25. The van der Waals surface area contributed by atoms with Crippen LogP contribution in [0.1, 0.15) is 25.7 Å². The van der Waals surface area contributed by atoms with Crippen LogP contribution in [0.15, 0.2) is 22.7 Å². The van der Waals surface area contributed by atoms with Gasteiger partial charge in [-0.1, -0.05) is 12.8 Å². The summed E-state index contributed by atoms with van der Waals surface area (Å²) in [7, 11) is -3.29. The van der Waals surface area contributed by atoms with E-state index in [1.165, 1.54) is 0 Å². The molecule has 0 saturated heterocycles. The van der Waals surface area contributed by atoms with Crippen LogP contribution < -0.4 is 10.5 Å². The highest BCUT2D eigenvalue weighted by Gasteiger charge is 2.28. The molecule has 1 aliphatic carbocycles. The molecular weight excluding hydrogens is 304 g/mol.